The van der Waals surface area contributed by atoms with Crippen molar-refractivity contribution in [2.24, 2.45) is 0 Å². The Balaban J connectivity index is 2.10. The fourth-order valence-corrected chi connectivity index (χ4v) is 2.35. The third kappa shape index (κ3) is 3.67. The molecule has 4 nitrogen and oxygen atoms in total. The molecule has 2 aromatic carbocycles. The van der Waals surface area contributed by atoms with Gasteiger partial charge in [0.05, 0.1) is 7.11 Å². The van der Waals surface area contributed by atoms with Crippen LogP contribution in [0, 0.1) is 0 Å². The second-order valence-electron chi connectivity index (χ2n) is 4.91. The number of rotatable bonds is 6. The van der Waals surface area contributed by atoms with E-state index in [-0.39, 0.29) is 17.5 Å². The molecule has 21 heavy (non-hydrogen) atoms. The molecule has 0 spiro atoms. The Morgan fingerprint density at radius 1 is 1.10 bits per heavy atom. The smallest absolute Gasteiger partial charge is 0.157 e. The van der Waals surface area contributed by atoms with Crippen LogP contribution in [0.4, 0.5) is 0 Å². The first-order valence-electron chi connectivity index (χ1n) is 7.02. The molecule has 0 heterocycles. The summed E-state index contributed by atoms with van der Waals surface area (Å²) in [5, 5.41) is 22.3. The van der Waals surface area contributed by atoms with Crippen LogP contribution in [-0.4, -0.2) is 17.3 Å². The van der Waals surface area contributed by atoms with Crippen molar-refractivity contribution >= 4 is 0 Å². The van der Waals surface area contributed by atoms with Crippen molar-refractivity contribution in [1.29, 1.82) is 0 Å². The lowest BCUT2D eigenvalue weighted by molar-refractivity contribution is 0.395. The number of nitrogens with one attached hydrogen (secondary N) is 1. The van der Waals surface area contributed by atoms with E-state index in [0.29, 0.717) is 6.54 Å². The summed E-state index contributed by atoms with van der Waals surface area (Å²) < 4.78 is 5.40. The minimum atomic E-state index is -0.101. The van der Waals surface area contributed by atoms with E-state index in [1.807, 2.05) is 24.3 Å². The van der Waals surface area contributed by atoms with E-state index in [2.05, 4.69) is 12.2 Å². The van der Waals surface area contributed by atoms with Crippen molar-refractivity contribution < 1.29 is 14.9 Å². The summed E-state index contributed by atoms with van der Waals surface area (Å²) in [6, 6.07) is 13.0. The van der Waals surface area contributed by atoms with Gasteiger partial charge in [0.25, 0.3) is 0 Å². The highest BCUT2D eigenvalue weighted by Crippen LogP contribution is 2.28. The van der Waals surface area contributed by atoms with Gasteiger partial charge in [0, 0.05) is 18.2 Å². The Labute approximate surface area is 125 Å². The summed E-state index contributed by atoms with van der Waals surface area (Å²) in [6.07, 6.45) is 0.921. The molecule has 1 unspecified atom stereocenters. The van der Waals surface area contributed by atoms with Gasteiger partial charge in [-0.1, -0.05) is 31.2 Å². The van der Waals surface area contributed by atoms with Crippen LogP contribution in [0.1, 0.15) is 30.5 Å². The van der Waals surface area contributed by atoms with E-state index < -0.39 is 0 Å². The zero-order valence-corrected chi connectivity index (χ0v) is 12.3. The van der Waals surface area contributed by atoms with Crippen LogP contribution in [0.3, 0.4) is 0 Å². The third-order valence-corrected chi connectivity index (χ3v) is 3.51. The van der Waals surface area contributed by atoms with Crippen LogP contribution in [0.15, 0.2) is 42.5 Å². The summed E-state index contributed by atoms with van der Waals surface area (Å²) in [4.78, 5) is 0. The zero-order chi connectivity index (χ0) is 15.2. The van der Waals surface area contributed by atoms with E-state index in [1.165, 1.54) is 6.07 Å². The Morgan fingerprint density at radius 2 is 1.86 bits per heavy atom. The number of methoxy groups -OCH3 is 1. The van der Waals surface area contributed by atoms with Crippen LogP contribution in [-0.2, 0) is 6.54 Å². The molecule has 0 aromatic heterocycles. The maximum atomic E-state index is 9.52. The molecule has 112 valence electrons. The van der Waals surface area contributed by atoms with Crippen LogP contribution in [0.25, 0.3) is 0 Å². The number of ether oxygens (including phenoxy) is 1. The van der Waals surface area contributed by atoms with Gasteiger partial charge >= 0.3 is 0 Å². The summed E-state index contributed by atoms with van der Waals surface area (Å²) in [7, 11) is 1.67. The minimum Gasteiger partial charge on any atom is -0.504 e. The van der Waals surface area contributed by atoms with Gasteiger partial charge in [-0.3, -0.25) is 0 Å². The summed E-state index contributed by atoms with van der Waals surface area (Å²) in [6.45, 7) is 2.71. The molecule has 0 bridgehead atoms. The Kier molecular flexibility index (Phi) is 5.06. The Bertz CT molecular complexity index is 598. The lowest BCUT2D eigenvalue weighted by Gasteiger charge is -2.20. The predicted octanol–water partition coefficient (Wildman–Crippen LogP) is 3.35. The van der Waals surface area contributed by atoms with Gasteiger partial charge in [-0.15, -0.1) is 0 Å². The number of hydrogen-bond acceptors (Lipinski definition) is 4. The topological polar surface area (TPSA) is 61.7 Å². The third-order valence-electron chi connectivity index (χ3n) is 3.51. The first-order valence-corrected chi connectivity index (χ1v) is 7.02. The van der Waals surface area contributed by atoms with E-state index >= 15 is 0 Å². The summed E-state index contributed by atoms with van der Waals surface area (Å²) >= 11 is 0. The molecule has 0 radical (unpaired) electrons. The van der Waals surface area contributed by atoms with Crippen molar-refractivity contribution in [2.75, 3.05) is 7.11 Å². The molecule has 0 aliphatic carbocycles. The number of aromatic hydroxyl groups is 2. The average molecular weight is 287 g/mol. The van der Waals surface area contributed by atoms with E-state index in [4.69, 9.17) is 4.74 Å². The van der Waals surface area contributed by atoms with Crippen molar-refractivity contribution in [2.45, 2.75) is 25.9 Å². The van der Waals surface area contributed by atoms with Crippen molar-refractivity contribution in [1.82, 2.24) is 5.32 Å². The molecular weight excluding hydrogens is 266 g/mol. The monoisotopic (exact) mass is 287 g/mol. The molecule has 0 saturated carbocycles. The molecule has 4 heteroatoms. The van der Waals surface area contributed by atoms with Gasteiger partial charge in [0.2, 0.25) is 0 Å². The largest absolute Gasteiger partial charge is 0.504 e. The van der Waals surface area contributed by atoms with Crippen LogP contribution in [0.2, 0.25) is 0 Å². The van der Waals surface area contributed by atoms with E-state index in [0.717, 1.165) is 23.3 Å². The SMILES string of the molecule is CCC(NCc1ccc(O)c(O)c1)c1ccccc1OC. The highest BCUT2D eigenvalue weighted by Gasteiger charge is 2.13. The van der Waals surface area contributed by atoms with Gasteiger partial charge in [-0.2, -0.15) is 0 Å². The van der Waals surface area contributed by atoms with Crippen molar-refractivity contribution in [3.05, 3.63) is 53.6 Å². The maximum absolute atomic E-state index is 9.52. The number of phenolic OH excluding ortho intramolecular Hbond substituents is 2. The second-order valence-corrected chi connectivity index (χ2v) is 4.91. The lowest BCUT2D eigenvalue weighted by Crippen LogP contribution is -2.20. The first-order chi connectivity index (χ1) is 10.2. The molecule has 0 fully saturated rings. The molecule has 1 atom stereocenters. The predicted molar refractivity (Wildman–Crippen MR) is 82.6 cm³/mol. The number of phenols is 2. The van der Waals surface area contributed by atoms with E-state index in [9.17, 15) is 10.2 Å². The van der Waals surface area contributed by atoms with Gasteiger partial charge in [-0.05, 0) is 30.2 Å². The molecule has 0 aliphatic heterocycles. The Hall–Kier alpha value is -2.20. The normalized spacial score (nSPS) is 12.1. The summed E-state index contributed by atoms with van der Waals surface area (Å²) in [5.74, 6) is 0.667. The lowest BCUT2D eigenvalue weighted by atomic mass is 10.0. The van der Waals surface area contributed by atoms with Crippen LogP contribution in [0.5, 0.6) is 17.2 Å². The highest BCUT2D eigenvalue weighted by molar-refractivity contribution is 5.40. The molecule has 2 rings (SSSR count). The average Bonchev–Trinajstić information content (AvgIpc) is 2.51. The first kappa shape index (κ1) is 15.2. The summed E-state index contributed by atoms with van der Waals surface area (Å²) in [5.41, 5.74) is 2.03. The minimum absolute atomic E-state index is 0.0976. The molecule has 0 amide bonds. The van der Waals surface area contributed by atoms with Crippen LogP contribution < -0.4 is 10.1 Å². The van der Waals surface area contributed by atoms with Crippen LogP contribution >= 0.6 is 0 Å². The molecular formula is C17H21NO3. The quantitative estimate of drug-likeness (QED) is 0.713. The van der Waals surface area contributed by atoms with Crippen molar-refractivity contribution in [3.8, 4) is 17.2 Å². The van der Waals surface area contributed by atoms with Gasteiger partial charge in [0.1, 0.15) is 5.75 Å². The highest BCUT2D eigenvalue weighted by atomic mass is 16.5. The standard InChI is InChI=1S/C17H21NO3/c1-3-14(13-6-4-5-7-17(13)21-2)18-11-12-8-9-15(19)16(20)10-12/h4-10,14,18-20H,3,11H2,1-2H3. The zero-order valence-electron chi connectivity index (χ0n) is 12.3. The number of para-hydroxylation sites is 1. The second kappa shape index (κ2) is 6.99. The molecule has 3 N–H and O–H groups in total. The van der Waals surface area contributed by atoms with Gasteiger partial charge < -0.3 is 20.3 Å². The fourth-order valence-electron chi connectivity index (χ4n) is 2.35. The fraction of sp³-hybridized carbons (Fsp3) is 0.294. The number of benzene rings is 2. The van der Waals surface area contributed by atoms with Gasteiger partial charge in [-0.25, -0.2) is 0 Å². The maximum Gasteiger partial charge on any atom is 0.157 e. The van der Waals surface area contributed by atoms with E-state index in [1.54, 1.807) is 19.2 Å². The molecule has 2 aromatic rings. The van der Waals surface area contributed by atoms with Crippen molar-refractivity contribution in [3.63, 3.8) is 0 Å². The molecule has 0 saturated heterocycles. The number of hydrogen-bond donors (Lipinski definition) is 3. The Morgan fingerprint density at radius 3 is 2.52 bits per heavy atom. The molecule has 0 aliphatic rings. The van der Waals surface area contributed by atoms with Gasteiger partial charge in [0.15, 0.2) is 11.5 Å².